The van der Waals surface area contributed by atoms with Crippen LogP contribution in [-0.4, -0.2) is 30.7 Å². The number of nitrogens with zero attached hydrogens (tertiary/aromatic N) is 2. The Morgan fingerprint density at radius 1 is 1.71 bits per heavy atom. The zero-order valence-corrected chi connectivity index (χ0v) is 11.2. The molecule has 0 spiro atoms. The highest BCUT2D eigenvalue weighted by molar-refractivity contribution is 7.11. The van der Waals surface area contributed by atoms with E-state index in [1.54, 1.807) is 18.4 Å². The zero-order valence-electron chi connectivity index (χ0n) is 10.4. The van der Waals surface area contributed by atoms with Gasteiger partial charge in [0.15, 0.2) is 0 Å². The van der Waals surface area contributed by atoms with E-state index in [1.165, 1.54) is 0 Å². The van der Waals surface area contributed by atoms with Gasteiger partial charge in [-0.2, -0.15) is 0 Å². The molecular formula is C10H19N5OS. The van der Waals surface area contributed by atoms with E-state index in [4.69, 9.17) is 10.6 Å². The second kappa shape index (κ2) is 7.21. The van der Waals surface area contributed by atoms with E-state index in [1.807, 2.05) is 20.0 Å². The van der Waals surface area contributed by atoms with E-state index in [-0.39, 0.29) is 6.04 Å². The van der Waals surface area contributed by atoms with Gasteiger partial charge in [-0.1, -0.05) is 0 Å². The van der Waals surface area contributed by atoms with Crippen LogP contribution in [0.1, 0.15) is 16.8 Å². The molecule has 7 heteroatoms. The van der Waals surface area contributed by atoms with Crippen LogP contribution in [0.15, 0.2) is 11.2 Å². The number of rotatable bonds is 5. The van der Waals surface area contributed by atoms with Gasteiger partial charge >= 0.3 is 0 Å². The minimum absolute atomic E-state index is 0.151. The van der Waals surface area contributed by atoms with Crippen molar-refractivity contribution in [1.29, 1.82) is 0 Å². The molecule has 0 aliphatic rings. The third kappa shape index (κ3) is 5.12. The van der Waals surface area contributed by atoms with Gasteiger partial charge in [0.2, 0.25) is 5.96 Å². The van der Waals surface area contributed by atoms with Gasteiger partial charge in [0.05, 0.1) is 18.2 Å². The summed E-state index contributed by atoms with van der Waals surface area (Å²) in [4.78, 5) is 9.61. The summed E-state index contributed by atoms with van der Waals surface area (Å²) in [7, 11) is 1.66. The average Bonchev–Trinajstić information content (AvgIpc) is 2.70. The molecule has 0 saturated heterocycles. The highest BCUT2D eigenvalue weighted by Gasteiger charge is 2.04. The van der Waals surface area contributed by atoms with Crippen molar-refractivity contribution >= 4 is 17.3 Å². The molecule has 17 heavy (non-hydrogen) atoms. The van der Waals surface area contributed by atoms with Gasteiger partial charge in [-0.25, -0.2) is 15.8 Å². The Labute approximate surface area is 105 Å². The molecule has 1 rings (SSSR count). The number of nitrogens with one attached hydrogen (secondary N) is 2. The van der Waals surface area contributed by atoms with Gasteiger partial charge in [0.25, 0.3) is 0 Å². The van der Waals surface area contributed by atoms with Gasteiger partial charge in [-0.3, -0.25) is 5.43 Å². The van der Waals surface area contributed by atoms with Crippen LogP contribution in [0.3, 0.4) is 0 Å². The van der Waals surface area contributed by atoms with Crippen LogP contribution >= 0.6 is 11.3 Å². The van der Waals surface area contributed by atoms with Crippen molar-refractivity contribution in [2.75, 3.05) is 13.7 Å². The summed E-state index contributed by atoms with van der Waals surface area (Å²) in [5, 5.41) is 4.16. The Kier molecular flexibility index (Phi) is 5.88. The fourth-order valence-electron chi connectivity index (χ4n) is 1.29. The highest BCUT2D eigenvalue weighted by Crippen LogP contribution is 2.12. The fourth-order valence-corrected chi connectivity index (χ4v) is 2.01. The lowest BCUT2D eigenvalue weighted by Gasteiger charge is -2.15. The maximum Gasteiger partial charge on any atom is 0.206 e. The van der Waals surface area contributed by atoms with Crippen molar-refractivity contribution in [3.05, 3.63) is 16.1 Å². The third-order valence-corrected chi connectivity index (χ3v) is 2.90. The van der Waals surface area contributed by atoms with E-state index in [9.17, 15) is 0 Å². The lowest BCUT2D eigenvalue weighted by molar-refractivity contribution is 0.179. The number of hydrogen-bond acceptors (Lipinski definition) is 5. The number of aliphatic imine (C=N–C) groups is 1. The predicted molar refractivity (Wildman–Crippen MR) is 69.8 cm³/mol. The van der Waals surface area contributed by atoms with Crippen LogP contribution in [0.25, 0.3) is 0 Å². The van der Waals surface area contributed by atoms with Gasteiger partial charge in [0.1, 0.15) is 0 Å². The number of aryl methyl sites for hydroxylation is 1. The smallest absolute Gasteiger partial charge is 0.206 e. The molecule has 0 aromatic carbocycles. The largest absolute Gasteiger partial charge is 0.383 e. The number of guanidine groups is 1. The normalized spacial score (nSPS) is 13.5. The number of methoxy groups -OCH3 is 1. The molecule has 96 valence electrons. The van der Waals surface area contributed by atoms with Gasteiger partial charge in [-0.05, 0) is 13.8 Å². The quantitative estimate of drug-likeness (QED) is 0.308. The summed E-state index contributed by atoms with van der Waals surface area (Å²) in [6.45, 7) is 5.13. The summed E-state index contributed by atoms with van der Waals surface area (Å²) in [5.74, 6) is 5.95. The number of aromatic nitrogens is 1. The molecule has 0 fully saturated rings. The summed E-state index contributed by atoms with van der Waals surface area (Å²) in [5.41, 5.74) is 2.54. The van der Waals surface area contributed by atoms with Crippen molar-refractivity contribution in [1.82, 2.24) is 15.7 Å². The van der Waals surface area contributed by atoms with Crippen LogP contribution in [-0.2, 0) is 11.3 Å². The Bertz CT molecular complexity index is 365. The fraction of sp³-hybridized carbons (Fsp3) is 0.600. The lowest BCUT2D eigenvalue weighted by Crippen LogP contribution is -2.46. The average molecular weight is 257 g/mol. The van der Waals surface area contributed by atoms with Crippen LogP contribution in [0.2, 0.25) is 0 Å². The first-order chi connectivity index (χ1) is 8.15. The van der Waals surface area contributed by atoms with Gasteiger partial charge in [-0.15, -0.1) is 11.3 Å². The monoisotopic (exact) mass is 257 g/mol. The SMILES string of the molecule is COCC(C)NC(=NCc1cnc(C)s1)NN. The van der Waals surface area contributed by atoms with Gasteiger partial charge in [0, 0.05) is 24.2 Å². The molecule has 0 aliphatic heterocycles. The Morgan fingerprint density at radius 3 is 3.00 bits per heavy atom. The van der Waals surface area contributed by atoms with Crippen molar-refractivity contribution in [2.45, 2.75) is 26.4 Å². The molecule has 6 nitrogen and oxygen atoms in total. The number of ether oxygens (including phenoxy) is 1. The topological polar surface area (TPSA) is 84.6 Å². The standard InChI is InChI=1S/C10H19N5OS/c1-7(6-16-3)14-10(15-11)13-5-9-4-12-8(2)17-9/h4,7H,5-6,11H2,1-3H3,(H2,13,14,15). The number of thiazole rings is 1. The molecule has 4 N–H and O–H groups in total. The highest BCUT2D eigenvalue weighted by atomic mass is 32.1. The molecule has 0 saturated carbocycles. The van der Waals surface area contributed by atoms with E-state index in [0.29, 0.717) is 19.1 Å². The number of nitrogens with two attached hydrogens (primary N) is 1. The predicted octanol–water partition coefficient (Wildman–Crippen LogP) is 0.395. The van der Waals surface area contributed by atoms with Crippen LogP contribution < -0.4 is 16.6 Å². The molecule has 1 aromatic rings. The first kappa shape index (κ1) is 13.9. The summed E-state index contributed by atoms with van der Waals surface area (Å²) in [6, 6.07) is 0.151. The maximum absolute atomic E-state index is 5.39. The molecule has 0 bridgehead atoms. The van der Waals surface area contributed by atoms with E-state index in [0.717, 1.165) is 9.88 Å². The van der Waals surface area contributed by atoms with E-state index >= 15 is 0 Å². The van der Waals surface area contributed by atoms with Crippen LogP contribution in [0, 0.1) is 6.92 Å². The molecule has 0 aliphatic carbocycles. The first-order valence-electron chi connectivity index (χ1n) is 5.33. The van der Waals surface area contributed by atoms with Gasteiger partial charge < -0.3 is 10.1 Å². The second-order valence-electron chi connectivity index (χ2n) is 3.66. The number of hydrazine groups is 1. The van der Waals surface area contributed by atoms with Crippen LogP contribution in [0.5, 0.6) is 0 Å². The molecule has 1 atom stereocenters. The third-order valence-electron chi connectivity index (χ3n) is 2.00. The Hall–Kier alpha value is -1.18. The minimum Gasteiger partial charge on any atom is -0.383 e. The second-order valence-corrected chi connectivity index (χ2v) is 4.97. The molecule has 0 radical (unpaired) electrons. The number of hydrogen-bond donors (Lipinski definition) is 3. The molecule has 1 unspecified atom stereocenters. The summed E-state index contributed by atoms with van der Waals surface area (Å²) in [6.07, 6.45) is 1.83. The molecule has 1 heterocycles. The Morgan fingerprint density at radius 2 is 2.47 bits per heavy atom. The molecule has 1 aromatic heterocycles. The van der Waals surface area contributed by atoms with Crippen LogP contribution in [0.4, 0.5) is 0 Å². The van der Waals surface area contributed by atoms with Crippen molar-refractivity contribution in [3.8, 4) is 0 Å². The molecular weight excluding hydrogens is 238 g/mol. The molecule has 0 amide bonds. The van der Waals surface area contributed by atoms with Crippen molar-refractivity contribution in [2.24, 2.45) is 10.8 Å². The van der Waals surface area contributed by atoms with E-state index < -0.39 is 0 Å². The van der Waals surface area contributed by atoms with Crippen molar-refractivity contribution < 1.29 is 4.74 Å². The van der Waals surface area contributed by atoms with Crippen molar-refractivity contribution in [3.63, 3.8) is 0 Å². The zero-order chi connectivity index (χ0) is 12.7. The summed E-state index contributed by atoms with van der Waals surface area (Å²) < 4.78 is 5.02. The lowest BCUT2D eigenvalue weighted by atomic mass is 10.4. The minimum atomic E-state index is 0.151. The Balaban J connectivity index is 2.49. The summed E-state index contributed by atoms with van der Waals surface area (Å²) >= 11 is 1.63. The first-order valence-corrected chi connectivity index (χ1v) is 6.15. The van der Waals surface area contributed by atoms with E-state index in [2.05, 4.69) is 20.7 Å². The maximum atomic E-state index is 5.39.